The molecule has 0 radical (unpaired) electrons. The zero-order chi connectivity index (χ0) is 20.5. The fourth-order valence-corrected chi connectivity index (χ4v) is 2.73. The maximum atomic E-state index is 12.7. The van der Waals surface area contributed by atoms with Crippen LogP contribution in [0.4, 0.5) is 0 Å². The Hall–Kier alpha value is -3.02. The first-order chi connectivity index (χ1) is 13.4. The molecule has 0 heterocycles. The summed E-state index contributed by atoms with van der Waals surface area (Å²) in [6.45, 7) is 5.65. The van der Waals surface area contributed by atoms with Crippen LogP contribution in [-0.4, -0.2) is 31.7 Å². The van der Waals surface area contributed by atoms with Crippen LogP contribution < -0.4 is 14.8 Å². The molecule has 2 aromatic rings. The van der Waals surface area contributed by atoms with Gasteiger partial charge in [0.05, 0.1) is 26.2 Å². The molecular weight excluding hydrogens is 358 g/mol. The van der Waals surface area contributed by atoms with E-state index in [1.807, 2.05) is 37.3 Å². The third-order valence-corrected chi connectivity index (χ3v) is 4.16. The van der Waals surface area contributed by atoms with E-state index >= 15 is 0 Å². The Balaban J connectivity index is 2.13. The molecule has 0 saturated carbocycles. The van der Waals surface area contributed by atoms with Gasteiger partial charge in [0.25, 0.3) is 5.91 Å². The highest BCUT2D eigenvalue weighted by molar-refractivity contribution is 5.82. The van der Waals surface area contributed by atoms with E-state index in [9.17, 15) is 9.59 Å². The number of nitrogens with one attached hydrogen (secondary N) is 1. The van der Waals surface area contributed by atoms with Crippen LogP contribution in [0.15, 0.2) is 48.5 Å². The quantitative estimate of drug-likeness (QED) is 0.668. The summed E-state index contributed by atoms with van der Waals surface area (Å²) in [7, 11) is 1.57. The summed E-state index contributed by atoms with van der Waals surface area (Å²) < 4.78 is 16.0. The molecule has 150 valence electrons. The number of amides is 1. The summed E-state index contributed by atoms with van der Waals surface area (Å²) in [5, 5.41) is 2.89. The van der Waals surface area contributed by atoms with Crippen molar-refractivity contribution in [2.45, 2.75) is 39.3 Å². The van der Waals surface area contributed by atoms with Crippen LogP contribution >= 0.6 is 0 Å². The van der Waals surface area contributed by atoms with Crippen LogP contribution in [0.1, 0.15) is 37.4 Å². The summed E-state index contributed by atoms with van der Waals surface area (Å²) in [5.74, 6) is 0.553. The molecule has 0 bridgehead atoms. The van der Waals surface area contributed by atoms with Gasteiger partial charge in [0.2, 0.25) is 0 Å². The lowest BCUT2D eigenvalue weighted by Gasteiger charge is -2.22. The van der Waals surface area contributed by atoms with Crippen LogP contribution in [0.5, 0.6) is 11.5 Å². The fourth-order valence-electron chi connectivity index (χ4n) is 2.73. The summed E-state index contributed by atoms with van der Waals surface area (Å²) in [5.41, 5.74) is 1.80. The van der Waals surface area contributed by atoms with Gasteiger partial charge in [0.15, 0.2) is 6.10 Å². The Kier molecular flexibility index (Phi) is 7.87. The minimum Gasteiger partial charge on any atom is -0.497 e. The van der Waals surface area contributed by atoms with Crippen molar-refractivity contribution in [2.24, 2.45) is 0 Å². The number of hydrogen-bond acceptors (Lipinski definition) is 5. The standard InChI is InChI=1S/C22H27NO5/c1-5-27-21(24)14-20(17-9-7-10-18(13-17)26-4)23-22(25)16(3)28-19-11-6-8-15(2)12-19/h6-13,16,20H,5,14H2,1-4H3,(H,23,25). The highest BCUT2D eigenvalue weighted by atomic mass is 16.5. The monoisotopic (exact) mass is 385 g/mol. The van der Waals surface area contributed by atoms with Crippen molar-refractivity contribution in [3.8, 4) is 11.5 Å². The van der Waals surface area contributed by atoms with Crippen molar-refractivity contribution < 1.29 is 23.8 Å². The van der Waals surface area contributed by atoms with Crippen LogP contribution in [0.3, 0.4) is 0 Å². The van der Waals surface area contributed by atoms with Gasteiger partial charge >= 0.3 is 5.97 Å². The molecule has 2 rings (SSSR count). The minimum absolute atomic E-state index is 0.0178. The molecule has 0 aromatic heterocycles. The van der Waals surface area contributed by atoms with E-state index in [-0.39, 0.29) is 24.9 Å². The third kappa shape index (κ3) is 6.30. The number of rotatable bonds is 9. The Morgan fingerprint density at radius 2 is 1.79 bits per heavy atom. The predicted octanol–water partition coefficient (Wildman–Crippen LogP) is 3.58. The van der Waals surface area contributed by atoms with E-state index < -0.39 is 12.1 Å². The van der Waals surface area contributed by atoms with Gasteiger partial charge in [-0.05, 0) is 56.2 Å². The molecular formula is C22H27NO5. The molecule has 2 unspecified atom stereocenters. The van der Waals surface area contributed by atoms with E-state index in [1.165, 1.54) is 0 Å². The summed E-state index contributed by atoms with van der Waals surface area (Å²) in [6.07, 6.45) is -0.707. The molecule has 0 fully saturated rings. The molecule has 0 aliphatic heterocycles. The first-order valence-corrected chi connectivity index (χ1v) is 9.26. The highest BCUT2D eigenvalue weighted by Crippen LogP contribution is 2.23. The second-order valence-corrected chi connectivity index (χ2v) is 6.42. The van der Waals surface area contributed by atoms with Crippen LogP contribution in [0.25, 0.3) is 0 Å². The third-order valence-electron chi connectivity index (χ3n) is 4.16. The summed E-state index contributed by atoms with van der Waals surface area (Å²) >= 11 is 0. The van der Waals surface area contributed by atoms with Crippen molar-refractivity contribution in [1.29, 1.82) is 0 Å². The van der Waals surface area contributed by atoms with Gasteiger partial charge in [-0.1, -0.05) is 24.3 Å². The molecule has 0 spiro atoms. The molecule has 0 aliphatic carbocycles. The number of carbonyl (C=O) groups excluding carboxylic acids is 2. The van der Waals surface area contributed by atoms with E-state index in [0.29, 0.717) is 11.5 Å². The molecule has 2 aromatic carbocycles. The molecule has 6 heteroatoms. The number of hydrogen-bond donors (Lipinski definition) is 1. The number of aryl methyl sites for hydroxylation is 1. The van der Waals surface area contributed by atoms with E-state index in [4.69, 9.17) is 14.2 Å². The number of esters is 1. The van der Waals surface area contributed by atoms with Gasteiger partial charge in [-0.25, -0.2) is 0 Å². The zero-order valence-corrected chi connectivity index (χ0v) is 16.7. The molecule has 28 heavy (non-hydrogen) atoms. The maximum absolute atomic E-state index is 12.7. The molecule has 0 saturated heterocycles. The second kappa shape index (κ2) is 10.3. The van der Waals surface area contributed by atoms with Gasteiger partial charge < -0.3 is 19.5 Å². The normalized spacial score (nSPS) is 12.6. The predicted molar refractivity (Wildman–Crippen MR) is 106 cm³/mol. The van der Waals surface area contributed by atoms with E-state index in [1.54, 1.807) is 39.2 Å². The largest absolute Gasteiger partial charge is 0.497 e. The molecule has 6 nitrogen and oxygen atoms in total. The van der Waals surface area contributed by atoms with Crippen molar-refractivity contribution in [1.82, 2.24) is 5.32 Å². The molecule has 1 amide bonds. The highest BCUT2D eigenvalue weighted by Gasteiger charge is 2.23. The van der Waals surface area contributed by atoms with Gasteiger partial charge in [0.1, 0.15) is 11.5 Å². The van der Waals surface area contributed by atoms with E-state index in [0.717, 1.165) is 11.1 Å². The fraction of sp³-hybridized carbons (Fsp3) is 0.364. The summed E-state index contributed by atoms with van der Waals surface area (Å²) in [6, 6.07) is 14.2. The van der Waals surface area contributed by atoms with Crippen molar-refractivity contribution in [3.63, 3.8) is 0 Å². The van der Waals surface area contributed by atoms with Gasteiger partial charge in [-0.15, -0.1) is 0 Å². The van der Waals surface area contributed by atoms with Crippen LogP contribution in [0, 0.1) is 6.92 Å². The number of benzene rings is 2. The van der Waals surface area contributed by atoms with Crippen LogP contribution in [-0.2, 0) is 14.3 Å². The minimum atomic E-state index is -0.725. The first kappa shape index (κ1) is 21.3. The number of ether oxygens (including phenoxy) is 3. The van der Waals surface area contributed by atoms with Crippen molar-refractivity contribution >= 4 is 11.9 Å². The Morgan fingerprint density at radius 3 is 2.46 bits per heavy atom. The van der Waals surface area contributed by atoms with Gasteiger partial charge in [-0.3, -0.25) is 9.59 Å². The van der Waals surface area contributed by atoms with Crippen molar-refractivity contribution in [3.05, 3.63) is 59.7 Å². The number of carbonyl (C=O) groups is 2. The van der Waals surface area contributed by atoms with Gasteiger partial charge in [0, 0.05) is 0 Å². The smallest absolute Gasteiger partial charge is 0.308 e. The summed E-state index contributed by atoms with van der Waals surface area (Å²) in [4.78, 5) is 24.7. The first-order valence-electron chi connectivity index (χ1n) is 9.26. The lowest BCUT2D eigenvalue weighted by atomic mass is 10.0. The second-order valence-electron chi connectivity index (χ2n) is 6.42. The average molecular weight is 385 g/mol. The molecule has 1 N–H and O–H groups in total. The Morgan fingerprint density at radius 1 is 1.07 bits per heavy atom. The Labute approximate surface area is 165 Å². The number of methoxy groups -OCH3 is 1. The van der Waals surface area contributed by atoms with Gasteiger partial charge in [-0.2, -0.15) is 0 Å². The lowest BCUT2D eigenvalue weighted by Crippen LogP contribution is -2.39. The lowest BCUT2D eigenvalue weighted by molar-refractivity contribution is -0.144. The molecule has 0 aliphatic rings. The molecule has 2 atom stereocenters. The topological polar surface area (TPSA) is 73.9 Å². The van der Waals surface area contributed by atoms with Crippen molar-refractivity contribution in [2.75, 3.05) is 13.7 Å². The Bertz CT molecular complexity index is 805. The van der Waals surface area contributed by atoms with E-state index in [2.05, 4.69) is 5.32 Å². The van der Waals surface area contributed by atoms with Crippen LogP contribution in [0.2, 0.25) is 0 Å². The zero-order valence-electron chi connectivity index (χ0n) is 16.7. The maximum Gasteiger partial charge on any atom is 0.308 e. The SMILES string of the molecule is CCOC(=O)CC(NC(=O)C(C)Oc1cccc(C)c1)c1cccc(OC)c1. The average Bonchev–Trinajstić information content (AvgIpc) is 2.67.